The average Bonchev–Trinajstić information content (AvgIpc) is 3.27. The molecule has 5 nitrogen and oxygen atoms in total. The molecule has 3 aromatic rings. The number of halogens is 1. The van der Waals surface area contributed by atoms with Crippen LogP contribution in [0.4, 0.5) is 0 Å². The Bertz CT molecular complexity index is 1110. The van der Waals surface area contributed by atoms with Gasteiger partial charge >= 0.3 is 5.97 Å². The fourth-order valence-corrected chi connectivity index (χ4v) is 4.68. The monoisotopic (exact) mass is 442 g/mol. The van der Waals surface area contributed by atoms with Crippen LogP contribution in [0.1, 0.15) is 19.4 Å². The largest absolute Gasteiger partial charge is 0.491 e. The summed E-state index contributed by atoms with van der Waals surface area (Å²) >= 11 is 7.92. The van der Waals surface area contributed by atoms with Crippen LogP contribution in [0.5, 0.6) is 5.75 Å². The summed E-state index contributed by atoms with van der Waals surface area (Å²) in [5.41, 5.74) is 3.10. The first-order valence-electron chi connectivity index (χ1n) is 9.78. The molecule has 4 rings (SSSR count). The fraction of sp³-hybridized carbons (Fsp3) is 0.261. The molecule has 0 atom stereocenters. The first-order valence-corrected chi connectivity index (χ1v) is 10.9. The van der Waals surface area contributed by atoms with Crippen molar-refractivity contribution in [2.24, 2.45) is 0 Å². The van der Waals surface area contributed by atoms with E-state index >= 15 is 0 Å². The third-order valence-corrected chi connectivity index (χ3v) is 6.07. The molecule has 0 saturated heterocycles. The molecule has 2 aromatic carbocycles. The zero-order valence-electron chi connectivity index (χ0n) is 16.8. The second-order valence-corrected chi connectivity index (χ2v) is 9.11. The lowest BCUT2D eigenvalue weighted by Crippen LogP contribution is -2.11. The van der Waals surface area contributed by atoms with Crippen molar-refractivity contribution in [2.75, 3.05) is 13.1 Å². The lowest BCUT2D eigenvalue weighted by atomic mass is 10.1. The SMILES string of the molecule is CC(C)Oc1ccc(SN2CC=C(c3cn(CC(=O)O)c4ccc(Cl)cc34)C2)cc1. The topological polar surface area (TPSA) is 54.7 Å². The second kappa shape index (κ2) is 8.76. The summed E-state index contributed by atoms with van der Waals surface area (Å²) in [5.74, 6) is 0.00795. The highest BCUT2D eigenvalue weighted by Gasteiger charge is 2.21. The molecule has 1 aromatic heterocycles. The van der Waals surface area contributed by atoms with Gasteiger partial charge in [-0.25, -0.2) is 4.31 Å². The standard InChI is InChI=1S/C23H23ClN2O3S/c1-15(2)29-18-4-6-19(7-5-18)30-26-10-9-16(12-26)21-13-25(14-23(27)28)22-8-3-17(24)11-20(21)22/h3-9,11,13,15H,10,12,14H2,1-2H3,(H,27,28). The number of hydrogen-bond donors (Lipinski definition) is 1. The van der Waals surface area contributed by atoms with E-state index in [0.29, 0.717) is 5.02 Å². The minimum atomic E-state index is -0.865. The van der Waals surface area contributed by atoms with Crippen LogP contribution in [0.15, 0.2) is 59.6 Å². The number of hydrogen-bond acceptors (Lipinski definition) is 4. The number of fused-ring (bicyclic) bond motifs is 1. The summed E-state index contributed by atoms with van der Waals surface area (Å²) in [5, 5.41) is 10.9. The van der Waals surface area contributed by atoms with Gasteiger partial charge in [-0.3, -0.25) is 4.79 Å². The molecule has 0 fully saturated rings. The quantitative estimate of drug-likeness (QED) is 0.484. The number of carboxylic acid groups (broad SMARTS) is 1. The Hall–Kier alpha value is -2.41. The molecule has 0 amide bonds. The van der Waals surface area contributed by atoms with E-state index in [2.05, 4.69) is 22.5 Å². The van der Waals surface area contributed by atoms with Crippen molar-refractivity contribution >= 4 is 46.0 Å². The normalized spacial score (nSPS) is 14.5. The van der Waals surface area contributed by atoms with E-state index in [4.69, 9.17) is 16.3 Å². The van der Waals surface area contributed by atoms with Crippen molar-refractivity contribution in [3.05, 3.63) is 65.3 Å². The van der Waals surface area contributed by atoms with Crippen LogP contribution in [0.2, 0.25) is 5.02 Å². The lowest BCUT2D eigenvalue weighted by molar-refractivity contribution is -0.137. The molecular weight excluding hydrogens is 420 g/mol. The van der Waals surface area contributed by atoms with Crippen LogP contribution in [-0.2, 0) is 11.3 Å². The molecule has 0 unspecified atom stereocenters. The molecule has 156 valence electrons. The lowest BCUT2D eigenvalue weighted by Gasteiger charge is -2.15. The van der Waals surface area contributed by atoms with Crippen molar-refractivity contribution in [3.8, 4) is 5.75 Å². The molecule has 0 radical (unpaired) electrons. The summed E-state index contributed by atoms with van der Waals surface area (Å²) < 4.78 is 9.75. The summed E-state index contributed by atoms with van der Waals surface area (Å²) in [4.78, 5) is 12.4. The Balaban J connectivity index is 1.51. The highest BCUT2D eigenvalue weighted by molar-refractivity contribution is 7.97. The molecule has 0 aliphatic carbocycles. The molecule has 1 aliphatic rings. The highest BCUT2D eigenvalue weighted by Crippen LogP contribution is 2.35. The average molecular weight is 443 g/mol. The molecule has 1 aliphatic heterocycles. The van der Waals surface area contributed by atoms with E-state index in [1.165, 1.54) is 5.57 Å². The van der Waals surface area contributed by atoms with Crippen molar-refractivity contribution < 1.29 is 14.6 Å². The Morgan fingerprint density at radius 1 is 1.23 bits per heavy atom. The Morgan fingerprint density at radius 2 is 2.00 bits per heavy atom. The van der Waals surface area contributed by atoms with Gasteiger partial charge in [0, 0.05) is 45.7 Å². The van der Waals surface area contributed by atoms with E-state index in [1.54, 1.807) is 22.6 Å². The van der Waals surface area contributed by atoms with E-state index in [1.807, 2.05) is 44.3 Å². The zero-order chi connectivity index (χ0) is 21.3. The van der Waals surface area contributed by atoms with E-state index in [-0.39, 0.29) is 12.6 Å². The van der Waals surface area contributed by atoms with Gasteiger partial charge in [0.25, 0.3) is 0 Å². The predicted octanol–water partition coefficient (Wildman–Crippen LogP) is 5.57. The first-order chi connectivity index (χ1) is 14.4. The minimum Gasteiger partial charge on any atom is -0.491 e. The fourth-order valence-electron chi connectivity index (χ4n) is 3.60. The van der Waals surface area contributed by atoms with Crippen LogP contribution >= 0.6 is 23.5 Å². The van der Waals surface area contributed by atoms with Gasteiger partial charge < -0.3 is 14.4 Å². The minimum absolute atomic E-state index is 0.0747. The number of aromatic nitrogens is 1. The zero-order valence-corrected chi connectivity index (χ0v) is 18.4. The van der Waals surface area contributed by atoms with Crippen LogP contribution in [0.25, 0.3) is 16.5 Å². The van der Waals surface area contributed by atoms with Crippen molar-refractivity contribution in [1.29, 1.82) is 0 Å². The van der Waals surface area contributed by atoms with Gasteiger partial charge in [0.1, 0.15) is 12.3 Å². The van der Waals surface area contributed by atoms with Crippen molar-refractivity contribution in [3.63, 3.8) is 0 Å². The third kappa shape index (κ3) is 4.67. The highest BCUT2D eigenvalue weighted by atomic mass is 35.5. The van der Waals surface area contributed by atoms with Gasteiger partial charge in [0.15, 0.2) is 0 Å². The van der Waals surface area contributed by atoms with Gasteiger partial charge in [-0.15, -0.1) is 0 Å². The summed E-state index contributed by atoms with van der Waals surface area (Å²) in [6.45, 7) is 5.54. The van der Waals surface area contributed by atoms with Crippen LogP contribution in [0.3, 0.4) is 0 Å². The van der Waals surface area contributed by atoms with E-state index < -0.39 is 5.97 Å². The number of benzene rings is 2. The number of carbonyl (C=O) groups is 1. The first kappa shape index (κ1) is 20.8. The van der Waals surface area contributed by atoms with Crippen molar-refractivity contribution in [1.82, 2.24) is 8.87 Å². The maximum atomic E-state index is 11.3. The van der Waals surface area contributed by atoms with E-state index in [0.717, 1.165) is 40.2 Å². The van der Waals surface area contributed by atoms with Gasteiger partial charge in [0.2, 0.25) is 0 Å². The second-order valence-electron chi connectivity index (χ2n) is 7.51. The Kier molecular flexibility index (Phi) is 6.09. The predicted molar refractivity (Wildman–Crippen MR) is 122 cm³/mol. The number of rotatable bonds is 7. The molecule has 0 bridgehead atoms. The Labute approximate surface area is 185 Å². The summed E-state index contributed by atoms with van der Waals surface area (Å²) in [6.07, 6.45) is 4.28. The van der Waals surface area contributed by atoms with Gasteiger partial charge in [-0.2, -0.15) is 0 Å². The number of nitrogens with zero attached hydrogens (tertiary/aromatic N) is 2. The maximum Gasteiger partial charge on any atom is 0.323 e. The molecular formula is C23H23ClN2O3S. The summed E-state index contributed by atoms with van der Waals surface area (Å²) in [6, 6.07) is 13.7. The number of carboxylic acids is 1. The third-order valence-electron chi connectivity index (χ3n) is 4.81. The molecule has 0 saturated carbocycles. The summed E-state index contributed by atoms with van der Waals surface area (Å²) in [7, 11) is 0. The molecule has 0 spiro atoms. The van der Waals surface area contributed by atoms with Crippen LogP contribution < -0.4 is 4.74 Å². The Morgan fingerprint density at radius 3 is 2.70 bits per heavy atom. The molecule has 30 heavy (non-hydrogen) atoms. The van der Waals surface area contributed by atoms with Crippen molar-refractivity contribution in [2.45, 2.75) is 31.4 Å². The number of ether oxygens (including phenoxy) is 1. The van der Waals surface area contributed by atoms with Crippen LogP contribution in [0, 0.1) is 0 Å². The molecule has 7 heteroatoms. The molecule has 1 N–H and O–H groups in total. The maximum absolute atomic E-state index is 11.3. The molecule has 2 heterocycles. The van der Waals surface area contributed by atoms with Gasteiger partial charge in [0.05, 0.1) is 6.10 Å². The van der Waals surface area contributed by atoms with Gasteiger partial charge in [-0.05, 0) is 73.8 Å². The smallest absolute Gasteiger partial charge is 0.323 e. The van der Waals surface area contributed by atoms with Gasteiger partial charge in [-0.1, -0.05) is 17.7 Å². The number of aliphatic carboxylic acids is 1. The van der Waals surface area contributed by atoms with E-state index in [9.17, 15) is 9.90 Å². The van der Waals surface area contributed by atoms with Crippen LogP contribution in [-0.4, -0.2) is 39.1 Å².